The highest BCUT2D eigenvalue weighted by molar-refractivity contribution is 6.21. The summed E-state index contributed by atoms with van der Waals surface area (Å²) >= 11 is 0. The Bertz CT molecular complexity index is 743. The number of urea groups is 1. The first-order chi connectivity index (χ1) is 11.6. The fourth-order valence-electron chi connectivity index (χ4n) is 2.65. The number of anilines is 1. The Balaban J connectivity index is 1.76. The Morgan fingerprint density at radius 1 is 1.08 bits per heavy atom. The van der Waals surface area contributed by atoms with Gasteiger partial charge in [0, 0.05) is 6.07 Å². The monoisotopic (exact) mass is 324 g/mol. The summed E-state index contributed by atoms with van der Waals surface area (Å²) in [4.78, 5) is 25.8. The van der Waals surface area contributed by atoms with Crippen LogP contribution in [0.25, 0.3) is 0 Å². The summed E-state index contributed by atoms with van der Waals surface area (Å²) in [5.74, 6) is 0.434. The van der Waals surface area contributed by atoms with Gasteiger partial charge in [-0.05, 0) is 23.6 Å². The van der Waals surface area contributed by atoms with Crippen LogP contribution in [0.15, 0.2) is 54.6 Å². The standard InChI is InChI=1S/C19H20N2O3/c1-13(2)17-18(22)21(19(23)20-17)15-9-6-10-16(11-15)24-12-14-7-4-3-5-8-14/h3-11,13,17H,12H2,1-2H3,(H,20,23)/t17-/m0/s1. The van der Waals surface area contributed by atoms with Gasteiger partial charge in [0.25, 0.3) is 5.91 Å². The van der Waals surface area contributed by atoms with Gasteiger partial charge in [0.15, 0.2) is 0 Å². The maximum absolute atomic E-state index is 12.5. The number of carbonyl (C=O) groups excluding carboxylic acids is 2. The number of hydrogen-bond donors (Lipinski definition) is 1. The lowest BCUT2D eigenvalue weighted by Gasteiger charge is -2.15. The fourth-order valence-corrected chi connectivity index (χ4v) is 2.65. The molecule has 0 aromatic heterocycles. The van der Waals surface area contributed by atoms with Gasteiger partial charge in [-0.25, -0.2) is 9.69 Å². The second-order valence-electron chi connectivity index (χ2n) is 6.12. The number of carbonyl (C=O) groups is 2. The molecule has 0 aliphatic carbocycles. The molecule has 1 aliphatic heterocycles. The molecule has 3 rings (SSSR count). The lowest BCUT2D eigenvalue weighted by Crippen LogP contribution is -2.34. The Morgan fingerprint density at radius 3 is 2.50 bits per heavy atom. The van der Waals surface area contributed by atoms with Crippen molar-refractivity contribution in [2.24, 2.45) is 5.92 Å². The largest absolute Gasteiger partial charge is 0.489 e. The van der Waals surface area contributed by atoms with E-state index in [1.165, 1.54) is 4.90 Å². The van der Waals surface area contributed by atoms with Crippen LogP contribution in [0.5, 0.6) is 5.75 Å². The van der Waals surface area contributed by atoms with Crippen molar-refractivity contribution in [3.63, 3.8) is 0 Å². The van der Waals surface area contributed by atoms with Crippen LogP contribution in [-0.2, 0) is 11.4 Å². The van der Waals surface area contributed by atoms with Gasteiger partial charge >= 0.3 is 6.03 Å². The number of benzene rings is 2. The average molecular weight is 324 g/mol. The maximum Gasteiger partial charge on any atom is 0.329 e. The van der Waals surface area contributed by atoms with E-state index in [2.05, 4.69) is 5.32 Å². The molecule has 0 unspecified atom stereocenters. The third-order valence-corrected chi connectivity index (χ3v) is 3.96. The third kappa shape index (κ3) is 3.25. The molecule has 0 saturated carbocycles. The van der Waals surface area contributed by atoms with Crippen LogP contribution in [0, 0.1) is 5.92 Å². The molecule has 124 valence electrons. The minimum atomic E-state index is -0.480. The van der Waals surface area contributed by atoms with Crippen molar-refractivity contribution in [2.75, 3.05) is 4.90 Å². The zero-order valence-electron chi connectivity index (χ0n) is 13.7. The van der Waals surface area contributed by atoms with Crippen LogP contribution in [0.1, 0.15) is 19.4 Å². The Labute approximate surface area is 141 Å². The molecule has 5 heteroatoms. The molecule has 3 amide bonds. The number of rotatable bonds is 5. The van der Waals surface area contributed by atoms with Gasteiger partial charge in [-0.3, -0.25) is 4.79 Å². The van der Waals surface area contributed by atoms with Crippen molar-refractivity contribution in [3.05, 3.63) is 60.2 Å². The first kappa shape index (κ1) is 16.1. The van der Waals surface area contributed by atoms with Crippen LogP contribution in [0.4, 0.5) is 10.5 Å². The minimum absolute atomic E-state index is 0.0453. The molecule has 2 aromatic rings. The van der Waals surface area contributed by atoms with Gasteiger partial charge in [-0.15, -0.1) is 0 Å². The van der Waals surface area contributed by atoms with Crippen LogP contribution in [-0.4, -0.2) is 18.0 Å². The topological polar surface area (TPSA) is 58.6 Å². The van der Waals surface area contributed by atoms with E-state index in [4.69, 9.17) is 4.74 Å². The van der Waals surface area contributed by atoms with Gasteiger partial charge in [0.05, 0.1) is 5.69 Å². The molecule has 0 radical (unpaired) electrons. The first-order valence-corrected chi connectivity index (χ1v) is 7.97. The highest BCUT2D eigenvalue weighted by atomic mass is 16.5. The number of hydrogen-bond acceptors (Lipinski definition) is 3. The molecule has 1 atom stereocenters. The summed E-state index contributed by atoms with van der Waals surface area (Å²) < 4.78 is 5.77. The SMILES string of the molecule is CC(C)[C@@H]1NC(=O)N(c2cccc(OCc3ccccc3)c2)C1=O. The van der Waals surface area contributed by atoms with Gasteiger partial charge in [-0.2, -0.15) is 0 Å². The average Bonchev–Trinajstić information content (AvgIpc) is 2.89. The van der Waals surface area contributed by atoms with Crippen molar-refractivity contribution in [2.45, 2.75) is 26.5 Å². The predicted molar refractivity (Wildman–Crippen MR) is 91.9 cm³/mol. The zero-order valence-corrected chi connectivity index (χ0v) is 13.7. The van der Waals surface area contributed by atoms with Crippen LogP contribution in [0.2, 0.25) is 0 Å². The van der Waals surface area contributed by atoms with Crippen LogP contribution >= 0.6 is 0 Å². The van der Waals surface area contributed by atoms with E-state index < -0.39 is 6.04 Å². The first-order valence-electron chi connectivity index (χ1n) is 7.97. The second-order valence-corrected chi connectivity index (χ2v) is 6.12. The fraction of sp³-hybridized carbons (Fsp3) is 0.263. The number of ether oxygens (including phenoxy) is 1. The Kier molecular flexibility index (Phi) is 4.51. The molecule has 0 bridgehead atoms. The molecule has 5 nitrogen and oxygen atoms in total. The summed E-state index contributed by atoms with van der Waals surface area (Å²) in [6.45, 7) is 4.25. The summed E-state index contributed by atoms with van der Waals surface area (Å²) in [6.07, 6.45) is 0. The van der Waals surface area contributed by atoms with Crippen LogP contribution < -0.4 is 15.0 Å². The number of nitrogens with one attached hydrogen (secondary N) is 1. The van der Waals surface area contributed by atoms with Crippen molar-refractivity contribution in [1.82, 2.24) is 5.32 Å². The number of imide groups is 1. The third-order valence-electron chi connectivity index (χ3n) is 3.96. The van der Waals surface area contributed by atoms with E-state index in [0.717, 1.165) is 5.56 Å². The lowest BCUT2D eigenvalue weighted by molar-refractivity contribution is -0.119. The molecule has 1 N–H and O–H groups in total. The number of amides is 3. The maximum atomic E-state index is 12.5. The summed E-state index contributed by atoms with van der Waals surface area (Å²) in [5.41, 5.74) is 1.57. The van der Waals surface area contributed by atoms with E-state index in [-0.39, 0.29) is 17.9 Å². The van der Waals surface area contributed by atoms with Gasteiger partial charge in [0.2, 0.25) is 0 Å². The van der Waals surface area contributed by atoms with Crippen LogP contribution in [0.3, 0.4) is 0 Å². The van der Waals surface area contributed by atoms with E-state index in [1.807, 2.05) is 50.2 Å². The van der Waals surface area contributed by atoms with Gasteiger partial charge in [0.1, 0.15) is 18.4 Å². The van der Waals surface area contributed by atoms with Crippen molar-refractivity contribution in [3.8, 4) is 5.75 Å². The molecule has 2 aromatic carbocycles. The number of nitrogens with zero attached hydrogens (tertiary/aromatic N) is 1. The highest BCUT2D eigenvalue weighted by Gasteiger charge is 2.40. The van der Waals surface area contributed by atoms with Gasteiger partial charge < -0.3 is 10.1 Å². The van der Waals surface area contributed by atoms with Crippen molar-refractivity contribution >= 4 is 17.6 Å². The molecule has 1 fully saturated rings. The molecule has 1 saturated heterocycles. The van der Waals surface area contributed by atoms with Crippen molar-refractivity contribution in [1.29, 1.82) is 0 Å². The molecular weight excluding hydrogens is 304 g/mol. The summed E-state index contributed by atoms with van der Waals surface area (Å²) in [6, 6.07) is 16.0. The summed E-state index contributed by atoms with van der Waals surface area (Å²) in [5, 5.41) is 2.73. The van der Waals surface area contributed by atoms with Crippen molar-refractivity contribution < 1.29 is 14.3 Å². The second kappa shape index (κ2) is 6.74. The highest BCUT2D eigenvalue weighted by Crippen LogP contribution is 2.26. The zero-order chi connectivity index (χ0) is 17.1. The van der Waals surface area contributed by atoms with E-state index >= 15 is 0 Å². The summed E-state index contributed by atoms with van der Waals surface area (Å²) in [7, 11) is 0. The predicted octanol–water partition coefficient (Wildman–Crippen LogP) is 3.35. The smallest absolute Gasteiger partial charge is 0.329 e. The minimum Gasteiger partial charge on any atom is -0.489 e. The van der Waals surface area contributed by atoms with E-state index in [1.54, 1.807) is 18.2 Å². The van der Waals surface area contributed by atoms with E-state index in [9.17, 15) is 9.59 Å². The Hall–Kier alpha value is -2.82. The quantitative estimate of drug-likeness (QED) is 0.858. The molecule has 1 heterocycles. The molecular formula is C19H20N2O3. The molecule has 24 heavy (non-hydrogen) atoms. The molecule has 1 aliphatic rings. The van der Waals surface area contributed by atoms with E-state index in [0.29, 0.717) is 18.0 Å². The van der Waals surface area contributed by atoms with Gasteiger partial charge in [-0.1, -0.05) is 50.2 Å². The Morgan fingerprint density at radius 2 is 1.83 bits per heavy atom. The lowest BCUT2D eigenvalue weighted by atomic mass is 10.0. The molecule has 0 spiro atoms. The normalized spacial score (nSPS) is 17.3.